The molecule has 0 saturated heterocycles. The van der Waals surface area contributed by atoms with Gasteiger partial charge in [0.05, 0.1) is 12.0 Å². The number of rotatable bonds is 9. The number of benzene rings is 1. The van der Waals surface area contributed by atoms with Gasteiger partial charge in [-0.3, -0.25) is 14.4 Å². The molecule has 0 aliphatic heterocycles. The van der Waals surface area contributed by atoms with Crippen LogP contribution in [0.2, 0.25) is 0 Å². The van der Waals surface area contributed by atoms with Crippen LogP contribution in [0, 0.1) is 5.92 Å². The number of hydrogen-bond acceptors (Lipinski definition) is 5. The van der Waals surface area contributed by atoms with Gasteiger partial charge in [0.1, 0.15) is 5.75 Å². The van der Waals surface area contributed by atoms with E-state index in [2.05, 4.69) is 5.32 Å². The molecule has 2 N–H and O–H groups in total. The fourth-order valence-corrected chi connectivity index (χ4v) is 4.07. The highest BCUT2D eigenvalue weighted by Gasteiger charge is 2.26. The van der Waals surface area contributed by atoms with E-state index in [1.807, 2.05) is 5.38 Å². The van der Waals surface area contributed by atoms with Crippen LogP contribution in [0.15, 0.2) is 41.1 Å². The number of carbonyl (C=O) groups excluding carboxylic acids is 2. The second kappa shape index (κ2) is 10.2. The number of ketones is 1. The van der Waals surface area contributed by atoms with Crippen molar-refractivity contribution in [1.29, 1.82) is 0 Å². The molecule has 154 valence electrons. The van der Waals surface area contributed by atoms with Crippen molar-refractivity contribution < 1.29 is 24.2 Å². The molecule has 1 aliphatic rings. The molecule has 1 saturated carbocycles. The molecule has 1 heterocycles. The van der Waals surface area contributed by atoms with E-state index >= 15 is 0 Å². The number of carboxylic acid groups (broad SMARTS) is 1. The molecule has 3 rings (SSSR count). The Labute approximate surface area is 173 Å². The summed E-state index contributed by atoms with van der Waals surface area (Å²) >= 11 is 1.47. The van der Waals surface area contributed by atoms with Crippen LogP contribution < -0.4 is 10.1 Å². The highest BCUT2D eigenvalue weighted by Crippen LogP contribution is 2.28. The number of carboxylic acids is 1. The number of hydrogen-bond donors (Lipinski definition) is 2. The molecule has 29 heavy (non-hydrogen) atoms. The fourth-order valence-electron chi connectivity index (χ4n) is 3.43. The summed E-state index contributed by atoms with van der Waals surface area (Å²) in [7, 11) is 0. The highest BCUT2D eigenvalue weighted by molar-refractivity contribution is 7.08. The van der Waals surface area contributed by atoms with Gasteiger partial charge in [-0.05, 0) is 67.8 Å². The Balaban J connectivity index is 1.38. The number of amides is 1. The highest BCUT2D eigenvalue weighted by atomic mass is 32.1. The molecule has 6 nitrogen and oxygen atoms in total. The molecule has 1 aromatic carbocycles. The molecule has 1 aliphatic carbocycles. The quantitative estimate of drug-likeness (QED) is 0.474. The van der Waals surface area contributed by atoms with E-state index in [4.69, 9.17) is 9.84 Å². The second-order valence-electron chi connectivity index (χ2n) is 7.25. The topological polar surface area (TPSA) is 92.7 Å². The van der Waals surface area contributed by atoms with Crippen molar-refractivity contribution in [3.05, 3.63) is 52.2 Å². The van der Waals surface area contributed by atoms with Gasteiger partial charge in [0, 0.05) is 29.5 Å². The zero-order valence-corrected chi connectivity index (χ0v) is 17.0. The lowest BCUT2D eigenvalue weighted by atomic mass is 9.87. The van der Waals surface area contributed by atoms with Crippen LogP contribution in [0.4, 0.5) is 0 Å². The summed E-state index contributed by atoms with van der Waals surface area (Å²) in [6.45, 7) is 0.459. The van der Waals surface area contributed by atoms with Gasteiger partial charge < -0.3 is 15.2 Å². The molecule has 7 heteroatoms. The van der Waals surface area contributed by atoms with Crippen LogP contribution in [-0.2, 0) is 4.79 Å². The smallest absolute Gasteiger partial charge is 0.306 e. The van der Waals surface area contributed by atoms with Gasteiger partial charge in [-0.2, -0.15) is 11.3 Å². The number of aliphatic carboxylic acids is 1. The van der Waals surface area contributed by atoms with Crippen LogP contribution in [0.1, 0.15) is 59.2 Å². The monoisotopic (exact) mass is 415 g/mol. The van der Waals surface area contributed by atoms with Crippen molar-refractivity contribution in [2.24, 2.45) is 5.92 Å². The third-order valence-electron chi connectivity index (χ3n) is 5.15. The second-order valence-corrected chi connectivity index (χ2v) is 8.03. The number of nitrogens with one attached hydrogen (secondary N) is 1. The van der Waals surface area contributed by atoms with Gasteiger partial charge in [-0.25, -0.2) is 0 Å². The predicted molar refractivity (Wildman–Crippen MR) is 111 cm³/mol. The summed E-state index contributed by atoms with van der Waals surface area (Å²) < 4.78 is 5.93. The van der Waals surface area contributed by atoms with Gasteiger partial charge in [0.25, 0.3) is 5.91 Å². The largest absolute Gasteiger partial charge is 0.490 e. The van der Waals surface area contributed by atoms with Crippen LogP contribution in [0.5, 0.6) is 5.75 Å². The van der Waals surface area contributed by atoms with E-state index in [9.17, 15) is 14.4 Å². The van der Waals surface area contributed by atoms with Crippen molar-refractivity contribution in [2.45, 2.75) is 44.6 Å². The minimum Gasteiger partial charge on any atom is -0.490 e. The van der Waals surface area contributed by atoms with Crippen LogP contribution in [-0.4, -0.2) is 35.4 Å². The first-order chi connectivity index (χ1) is 14.0. The standard InChI is InChI=1S/C22H25NO5S/c24-20(2-1-12-23-21(25)17-11-13-29-14-17)15-3-7-18(8-4-15)28-19-9-5-16(6-10-19)22(26)27/h3-4,7-8,11,13-14,16,19H,1-2,5-6,9-10,12H2,(H,23,25)(H,26,27). The molecule has 1 amide bonds. The fraction of sp³-hybridized carbons (Fsp3) is 0.409. The lowest BCUT2D eigenvalue weighted by Gasteiger charge is -2.26. The van der Waals surface area contributed by atoms with Gasteiger partial charge >= 0.3 is 5.97 Å². The Morgan fingerprint density at radius 1 is 1.03 bits per heavy atom. The SMILES string of the molecule is O=C(CCCNC(=O)c1ccsc1)c1ccc(OC2CCC(C(=O)O)CC2)cc1. The summed E-state index contributed by atoms with van der Waals surface area (Å²) in [6, 6.07) is 8.85. The van der Waals surface area contributed by atoms with Gasteiger partial charge in [0.15, 0.2) is 5.78 Å². The van der Waals surface area contributed by atoms with E-state index in [1.165, 1.54) is 11.3 Å². The van der Waals surface area contributed by atoms with Crippen molar-refractivity contribution in [3.63, 3.8) is 0 Å². The van der Waals surface area contributed by atoms with E-state index in [1.54, 1.807) is 35.7 Å². The number of Topliss-reactive ketones (excluding diaryl/α,β-unsaturated/α-hetero) is 1. The maximum atomic E-state index is 12.3. The third kappa shape index (κ3) is 6.15. The van der Waals surface area contributed by atoms with Crippen molar-refractivity contribution in [2.75, 3.05) is 6.54 Å². The summed E-state index contributed by atoms with van der Waals surface area (Å²) in [5.41, 5.74) is 1.27. The van der Waals surface area contributed by atoms with E-state index in [-0.39, 0.29) is 23.7 Å². The Morgan fingerprint density at radius 3 is 2.38 bits per heavy atom. The Morgan fingerprint density at radius 2 is 1.76 bits per heavy atom. The molecule has 0 unspecified atom stereocenters. The number of thiophene rings is 1. The molecule has 0 bridgehead atoms. The molecule has 1 fully saturated rings. The molecule has 0 atom stereocenters. The molecule has 0 radical (unpaired) electrons. The number of ether oxygens (including phenoxy) is 1. The zero-order valence-electron chi connectivity index (χ0n) is 16.1. The van der Waals surface area contributed by atoms with Crippen molar-refractivity contribution in [3.8, 4) is 5.75 Å². The zero-order chi connectivity index (χ0) is 20.6. The maximum Gasteiger partial charge on any atom is 0.306 e. The van der Waals surface area contributed by atoms with E-state index in [0.717, 1.165) is 12.8 Å². The van der Waals surface area contributed by atoms with E-state index in [0.29, 0.717) is 49.1 Å². The summed E-state index contributed by atoms with van der Waals surface area (Å²) in [5, 5.41) is 15.5. The third-order valence-corrected chi connectivity index (χ3v) is 5.84. The minimum atomic E-state index is -0.725. The molecular formula is C22H25NO5S. The normalized spacial score (nSPS) is 18.8. The minimum absolute atomic E-state index is 0.0268. The van der Waals surface area contributed by atoms with Gasteiger partial charge in [-0.15, -0.1) is 0 Å². The Hall–Kier alpha value is -2.67. The molecule has 0 spiro atoms. The summed E-state index contributed by atoms with van der Waals surface area (Å²) in [6.07, 6.45) is 3.71. The van der Waals surface area contributed by atoms with Crippen LogP contribution in [0.25, 0.3) is 0 Å². The van der Waals surface area contributed by atoms with Crippen molar-refractivity contribution >= 4 is 29.0 Å². The Kier molecular flexibility index (Phi) is 7.41. The molecule has 2 aromatic rings. The molecule has 1 aromatic heterocycles. The lowest BCUT2D eigenvalue weighted by molar-refractivity contribution is -0.143. The lowest BCUT2D eigenvalue weighted by Crippen LogP contribution is -2.27. The number of carbonyl (C=O) groups is 3. The first kappa shape index (κ1) is 21.0. The van der Waals surface area contributed by atoms with E-state index < -0.39 is 5.97 Å². The predicted octanol–water partition coefficient (Wildman–Crippen LogP) is 4.16. The summed E-state index contributed by atoms with van der Waals surface area (Å²) in [5.74, 6) is -0.369. The Bertz CT molecular complexity index is 823. The van der Waals surface area contributed by atoms with Crippen molar-refractivity contribution in [1.82, 2.24) is 5.32 Å². The average Bonchev–Trinajstić information content (AvgIpc) is 3.27. The van der Waals surface area contributed by atoms with Crippen LogP contribution >= 0.6 is 11.3 Å². The van der Waals surface area contributed by atoms with Gasteiger partial charge in [-0.1, -0.05) is 0 Å². The first-order valence-electron chi connectivity index (χ1n) is 9.86. The first-order valence-corrected chi connectivity index (χ1v) is 10.8. The maximum absolute atomic E-state index is 12.3. The molecular weight excluding hydrogens is 390 g/mol. The van der Waals surface area contributed by atoms with Gasteiger partial charge in [0.2, 0.25) is 0 Å². The average molecular weight is 416 g/mol. The summed E-state index contributed by atoms with van der Waals surface area (Å²) in [4.78, 5) is 35.2. The van der Waals surface area contributed by atoms with Crippen LogP contribution in [0.3, 0.4) is 0 Å².